The van der Waals surface area contributed by atoms with Gasteiger partial charge in [-0.3, -0.25) is 9.59 Å². The van der Waals surface area contributed by atoms with Gasteiger partial charge in [-0.1, -0.05) is 23.9 Å². The molecule has 2 amide bonds. The van der Waals surface area contributed by atoms with Crippen LogP contribution >= 0.6 is 11.8 Å². The molecule has 0 radical (unpaired) electrons. The van der Waals surface area contributed by atoms with Gasteiger partial charge in [0.05, 0.1) is 48.1 Å². The van der Waals surface area contributed by atoms with E-state index < -0.39 is 40.6 Å². The first-order chi connectivity index (χ1) is 16.1. The summed E-state index contributed by atoms with van der Waals surface area (Å²) >= 11 is 0.870. The summed E-state index contributed by atoms with van der Waals surface area (Å²) in [7, 11) is 2.88. The minimum absolute atomic E-state index is 0.0792. The third kappa shape index (κ3) is 3.74. The molecule has 2 N–H and O–H groups in total. The number of hydrogen-bond donors (Lipinski definition) is 1. The molecule has 2 aromatic rings. The Bertz CT molecular complexity index is 1250. The molecule has 0 saturated carbocycles. The average molecular weight is 489 g/mol. The molecule has 0 bridgehead atoms. The van der Waals surface area contributed by atoms with Crippen LogP contribution in [0.5, 0.6) is 11.5 Å². The summed E-state index contributed by atoms with van der Waals surface area (Å²) in [4.78, 5) is 27.5. The van der Waals surface area contributed by atoms with E-state index in [0.29, 0.717) is 17.1 Å². The number of carbonyl (C=O) groups excluding carboxylic acids is 2. The van der Waals surface area contributed by atoms with E-state index in [1.54, 1.807) is 18.2 Å². The molecule has 176 valence electrons. The van der Waals surface area contributed by atoms with Crippen molar-refractivity contribution < 1.29 is 32.2 Å². The fourth-order valence-electron chi connectivity index (χ4n) is 4.26. The molecular formula is C23H18F3N3O4S. The largest absolute Gasteiger partial charge is 0.493 e. The van der Waals surface area contributed by atoms with Crippen LogP contribution in [0.2, 0.25) is 0 Å². The zero-order valence-electron chi connectivity index (χ0n) is 17.9. The Morgan fingerprint density at radius 1 is 1.06 bits per heavy atom. The molecule has 11 heteroatoms. The number of benzene rings is 2. The second-order valence-electron chi connectivity index (χ2n) is 7.61. The van der Waals surface area contributed by atoms with Gasteiger partial charge in [0, 0.05) is 5.92 Å². The number of carbonyl (C=O) groups is 2. The van der Waals surface area contributed by atoms with Gasteiger partial charge in [0.25, 0.3) is 0 Å². The van der Waals surface area contributed by atoms with Crippen LogP contribution < -0.4 is 20.1 Å². The molecular weight excluding hydrogens is 471 g/mol. The van der Waals surface area contributed by atoms with Crippen LogP contribution in [0, 0.1) is 17.2 Å². The first kappa shape index (κ1) is 23.5. The van der Waals surface area contributed by atoms with E-state index in [4.69, 9.17) is 15.2 Å². The number of imide groups is 1. The molecule has 0 aliphatic carbocycles. The maximum absolute atomic E-state index is 13.5. The predicted molar refractivity (Wildman–Crippen MR) is 118 cm³/mol. The van der Waals surface area contributed by atoms with Gasteiger partial charge in [0.1, 0.15) is 5.25 Å². The fraction of sp³-hybridized carbons (Fsp3) is 0.261. The first-order valence-corrected chi connectivity index (χ1v) is 10.8. The monoisotopic (exact) mass is 489 g/mol. The molecule has 1 fully saturated rings. The van der Waals surface area contributed by atoms with Gasteiger partial charge >= 0.3 is 6.18 Å². The third-order valence-corrected chi connectivity index (χ3v) is 7.03. The van der Waals surface area contributed by atoms with Crippen LogP contribution in [0.4, 0.5) is 18.9 Å². The van der Waals surface area contributed by atoms with Gasteiger partial charge < -0.3 is 15.2 Å². The molecule has 7 nitrogen and oxygen atoms in total. The summed E-state index contributed by atoms with van der Waals surface area (Å²) in [6.45, 7) is 0. The highest BCUT2D eigenvalue weighted by atomic mass is 32.2. The van der Waals surface area contributed by atoms with Crippen LogP contribution in [0.1, 0.15) is 17.0 Å². The van der Waals surface area contributed by atoms with Gasteiger partial charge in [-0.05, 0) is 35.9 Å². The van der Waals surface area contributed by atoms with E-state index in [1.807, 2.05) is 6.07 Å². The molecule has 0 aromatic heterocycles. The van der Waals surface area contributed by atoms with Crippen molar-refractivity contribution in [1.82, 2.24) is 0 Å². The topological polar surface area (TPSA) is 106 Å². The van der Waals surface area contributed by atoms with Crippen LogP contribution in [0.25, 0.3) is 0 Å². The van der Waals surface area contributed by atoms with Gasteiger partial charge in [-0.15, -0.1) is 0 Å². The van der Waals surface area contributed by atoms with Crippen molar-refractivity contribution in [2.75, 3.05) is 19.1 Å². The molecule has 34 heavy (non-hydrogen) atoms. The lowest BCUT2D eigenvalue weighted by atomic mass is 9.79. The molecule has 4 rings (SSSR count). The Morgan fingerprint density at radius 3 is 2.38 bits per heavy atom. The van der Waals surface area contributed by atoms with Crippen molar-refractivity contribution in [1.29, 1.82) is 5.26 Å². The van der Waals surface area contributed by atoms with Crippen molar-refractivity contribution in [3.8, 4) is 17.6 Å². The highest BCUT2D eigenvalue weighted by Gasteiger charge is 2.56. The maximum Gasteiger partial charge on any atom is 0.416 e. The zero-order chi connectivity index (χ0) is 24.8. The molecule has 2 aromatic carbocycles. The molecule has 2 aliphatic heterocycles. The van der Waals surface area contributed by atoms with Crippen molar-refractivity contribution in [2.24, 2.45) is 11.7 Å². The molecule has 1 saturated heterocycles. The van der Waals surface area contributed by atoms with Crippen molar-refractivity contribution in [3.05, 3.63) is 64.2 Å². The van der Waals surface area contributed by atoms with Crippen LogP contribution in [0.3, 0.4) is 0 Å². The third-order valence-electron chi connectivity index (χ3n) is 5.80. The molecule has 2 aliphatic rings. The van der Waals surface area contributed by atoms with E-state index in [-0.39, 0.29) is 16.3 Å². The molecule has 0 unspecified atom stereocenters. The Kier molecular flexibility index (Phi) is 5.95. The Morgan fingerprint density at radius 2 is 1.76 bits per heavy atom. The van der Waals surface area contributed by atoms with E-state index in [0.717, 1.165) is 34.9 Å². The number of anilines is 1. The molecule has 3 atom stereocenters. The number of fused-ring (bicyclic) bond motifs is 1. The normalized spacial score (nSPS) is 22.5. The van der Waals surface area contributed by atoms with Crippen LogP contribution in [-0.4, -0.2) is 31.3 Å². The predicted octanol–water partition coefficient (Wildman–Crippen LogP) is 3.81. The Labute approximate surface area is 196 Å². The van der Waals surface area contributed by atoms with Crippen molar-refractivity contribution in [3.63, 3.8) is 0 Å². The van der Waals surface area contributed by atoms with E-state index in [1.165, 1.54) is 20.3 Å². The first-order valence-electron chi connectivity index (χ1n) is 9.95. The number of alkyl halides is 3. The maximum atomic E-state index is 13.5. The standard InChI is InChI=1S/C23H18F3N3O4S/c1-32-15-7-6-11(8-16(15)33-2)17-14(10-27)20(28)34-19-18(17)21(30)29(22(19)31)13-5-3-4-12(9-13)23(24,25)26/h3-9,17-19H,28H2,1-2H3/t17-,18+,19+/m1/s1. The Hall–Kier alpha value is -3.65. The highest BCUT2D eigenvalue weighted by molar-refractivity contribution is 8.04. The van der Waals surface area contributed by atoms with Crippen molar-refractivity contribution in [2.45, 2.75) is 17.3 Å². The number of hydrogen-bond acceptors (Lipinski definition) is 7. The highest BCUT2D eigenvalue weighted by Crippen LogP contribution is 2.51. The summed E-state index contributed by atoms with van der Waals surface area (Å²) in [5.74, 6) is -2.58. The lowest BCUT2D eigenvalue weighted by molar-refractivity contribution is -0.137. The fourth-order valence-corrected chi connectivity index (χ4v) is 5.46. The minimum atomic E-state index is -4.65. The molecule has 2 heterocycles. The van der Waals surface area contributed by atoms with Gasteiger partial charge in [0.15, 0.2) is 11.5 Å². The Balaban J connectivity index is 1.83. The molecule has 0 spiro atoms. The second kappa shape index (κ2) is 8.61. The van der Waals surface area contributed by atoms with Gasteiger partial charge in [0.2, 0.25) is 11.8 Å². The van der Waals surface area contributed by atoms with Crippen molar-refractivity contribution >= 4 is 29.3 Å². The lowest BCUT2D eigenvalue weighted by Gasteiger charge is -2.31. The summed E-state index contributed by atoms with van der Waals surface area (Å²) in [6.07, 6.45) is -4.65. The average Bonchev–Trinajstić information content (AvgIpc) is 3.06. The van der Waals surface area contributed by atoms with Crippen LogP contribution in [-0.2, 0) is 15.8 Å². The number of allylic oxidation sites excluding steroid dienone is 1. The summed E-state index contributed by atoms with van der Waals surface area (Å²) in [6, 6.07) is 10.9. The quantitative estimate of drug-likeness (QED) is 0.651. The van der Waals surface area contributed by atoms with Gasteiger partial charge in [-0.25, -0.2) is 4.90 Å². The minimum Gasteiger partial charge on any atom is -0.493 e. The van der Waals surface area contributed by atoms with E-state index in [2.05, 4.69) is 0 Å². The lowest BCUT2D eigenvalue weighted by Crippen LogP contribution is -2.33. The summed E-state index contributed by atoms with van der Waals surface area (Å²) in [5, 5.41) is 8.89. The summed E-state index contributed by atoms with van der Waals surface area (Å²) in [5.41, 5.74) is 5.52. The van der Waals surface area contributed by atoms with Gasteiger partial charge in [-0.2, -0.15) is 18.4 Å². The van der Waals surface area contributed by atoms with E-state index in [9.17, 15) is 28.0 Å². The number of amides is 2. The number of thioether (sulfide) groups is 1. The number of nitrogens with zero attached hydrogens (tertiary/aromatic N) is 2. The number of methoxy groups -OCH3 is 2. The van der Waals surface area contributed by atoms with E-state index >= 15 is 0 Å². The number of ether oxygens (including phenoxy) is 2. The zero-order valence-corrected chi connectivity index (χ0v) is 18.7. The summed E-state index contributed by atoms with van der Waals surface area (Å²) < 4.78 is 50.3. The SMILES string of the molecule is COc1ccc([C@@H]2C(C#N)=C(N)S[C@@H]3C(=O)N(c4cccc(C(F)(F)F)c4)C(=O)[C@H]32)cc1OC. The number of nitrogens with two attached hydrogens (primary N) is 1. The smallest absolute Gasteiger partial charge is 0.416 e. The number of rotatable bonds is 4. The second-order valence-corrected chi connectivity index (χ2v) is 8.79. The number of halogens is 3. The van der Waals surface area contributed by atoms with Crippen LogP contribution in [0.15, 0.2) is 53.1 Å². The number of nitriles is 1.